The van der Waals surface area contributed by atoms with Gasteiger partial charge in [0, 0.05) is 4.88 Å². The fourth-order valence-electron chi connectivity index (χ4n) is 3.51. The smallest absolute Gasteiger partial charge is 0.348 e. The average molecular weight is 442 g/mol. The molecule has 162 valence electrons. The number of benzene rings is 1. The van der Waals surface area contributed by atoms with Gasteiger partial charge in [0.1, 0.15) is 10.6 Å². The van der Waals surface area contributed by atoms with Crippen LogP contribution in [0.1, 0.15) is 45.2 Å². The number of carbonyl (C=O) groups is 2. The number of nitrogens with zero attached hydrogens (tertiary/aromatic N) is 2. The number of hydrogen-bond acceptors (Lipinski definition) is 8. The normalized spacial score (nSPS) is 15.2. The molecule has 2 aromatic heterocycles. The highest BCUT2D eigenvalue weighted by Crippen LogP contribution is 2.32. The number of amides is 1. The first-order chi connectivity index (χ1) is 15.0. The van der Waals surface area contributed by atoms with E-state index in [0.717, 1.165) is 19.3 Å². The number of hydrogen-bond donors (Lipinski definition) is 1. The van der Waals surface area contributed by atoms with E-state index < -0.39 is 5.97 Å². The van der Waals surface area contributed by atoms with Gasteiger partial charge in [-0.2, -0.15) is 4.98 Å². The Morgan fingerprint density at radius 3 is 3.00 bits per heavy atom. The molecule has 1 unspecified atom stereocenters. The van der Waals surface area contributed by atoms with E-state index >= 15 is 0 Å². The molecule has 0 saturated carbocycles. The number of methoxy groups -OCH3 is 1. The van der Waals surface area contributed by atoms with E-state index in [0.29, 0.717) is 22.2 Å². The highest BCUT2D eigenvalue weighted by molar-refractivity contribution is 7.14. The molecule has 1 atom stereocenters. The number of aryl methyl sites for hydroxylation is 1. The van der Waals surface area contributed by atoms with Gasteiger partial charge in [0.05, 0.1) is 19.2 Å². The summed E-state index contributed by atoms with van der Waals surface area (Å²) in [5.74, 6) is 0.833. The fourth-order valence-corrected chi connectivity index (χ4v) is 4.61. The van der Waals surface area contributed by atoms with E-state index in [1.165, 1.54) is 28.9 Å². The maximum atomic E-state index is 12.4. The van der Waals surface area contributed by atoms with Crippen LogP contribution in [0, 0.1) is 5.92 Å². The standard InChI is InChI=1S/C22H23N3O5S/c1-13-7-8-17-14(9-13)10-18(31-17)22(27)29-12-21-24-19(25-30-21)11-20(26)23-15-5-3-4-6-16(15)28-2/h3-6,10,13H,7-9,11-12H2,1-2H3,(H,23,26). The molecule has 1 amide bonds. The second kappa shape index (κ2) is 9.30. The van der Waals surface area contributed by atoms with Gasteiger partial charge in [-0.3, -0.25) is 4.79 Å². The Hall–Kier alpha value is -3.20. The van der Waals surface area contributed by atoms with Crippen molar-refractivity contribution in [2.24, 2.45) is 5.92 Å². The van der Waals surface area contributed by atoms with Gasteiger partial charge < -0.3 is 19.3 Å². The van der Waals surface area contributed by atoms with Crippen LogP contribution in [0.5, 0.6) is 5.75 Å². The highest BCUT2D eigenvalue weighted by Gasteiger charge is 2.22. The van der Waals surface area contributed by atoms with Crippen molar-refractivity contribution in [3.05, 3.63) is 57.4 Å². The van der Waals surface area contributed by atoms with E-state index in [4.69, 9.17) is 14.0 Å². The van der Waals surface area contributed by atoms with Crippen LogP contribution in [0.3, 0.4) is 0 Å². The SMILES string of the molecule is COc1ccccc1NC(=O)Cc1noc(COC(=O)c2cc3c(s2)CCC(C)C3)n1. The topological polar surface area (TPSA) is 104 Å². The predicted molar refractivity (Wildman–Crippen MR) is 114 cm³/mol. The molecule has 1 aromatic carbocycles. The van der Waals surface area contributed by atoms with Crippen LogP contribution in [-0.4, -0.2) is 29.1 Å². The van der Waals surface area contributed by atoms with Gasteiger partial charge >= 0.3 is 5.97 Å². The van der Waals surface area contributed by atoms with Gasteiger partial charge in [0.15, 0.2) is 12.4 Å². The first-order valence-electron chi connectivity index (χ1n) is 10.0. The van der Waals surface area contributed by atoms with E-state index in [-0.39, 0.29) is 30.7 Å². The molecule has 3 aromatic rings. The Kier molecular flexibility index (Phi) is 6.31. The third-order valence-corrected chi connectivity index (χ3v) is 6.28. The number of carbonyl (C=O) groups excluding carboxylic acids is 2. The third kappa shape index (κ3) is 5.11. The lowest BCUT2D eigenvalue weighted by atomic mass is 9.90. The summed E-state index contributed by atoms with van der Waals surface area (Å²) < 4.78 is 15.6. The zero-order chi connectivity index (χ0) is 21.8. The number of rotatable bonds is 7. The number of para-hydroxylation sites is 2. The minimum absolute atomic E-state index is 0.0781. The van der Waals surface area contributed by atoms with Crippen LogP contribution in [-0.2, 0) is 35.4 Å². The molecule has 0 saturated heterocycles. The monoisotopic (exact) mass is 441 g/mol. The molecule has 31 heavy (non-hydrogen) atoms. The van der Waals surface area contributed by atoms with Crippen molar-refractivity contribution < 1.29 is 23.6 Å². The minimum atomic E-state index is -0.402. The van der Waals surface area contributed by atoms with Crippen molar-refractivity contribution in [2.75, 3.05) is 12.4 Å². The number of aromatic nitrogens is 2. The van der Waals surface area contributed by atoms with Gasteiger partial charge in [-0.15, -0.1) is 11.3 Å². The molecule has 8 nitrogen and oxygen atoms in total. The summed E-state index contributed by atoms with van der Waals surface area (Å²) in [6.07, 6.45) is 3.09. The molecule has 0 bridgehead atoms. The Bertz CT molecular complexity index is 1090. The number of nitrogens with one attached hydrogen (secondary N) is 1. The summed E-state index contributed by atoms with van der Waals surface area (Å²) in [4.78, 5) is 30.6. The van der Waals surface area contributed by atoms with Crippen LogP contribution in [0.15, 0.2) is 34.9 Å². The molecule has 1 aliphatic carbocycles. The van der Waals surface area contributed by atoms with Gasteiger partial charge in [0.2, 0.25) is 5.91 Å². The molecule has 0 radical (unpaired) electrons. The van der Waals surface area contributed by atoms with Gasteiger partial charge in [0.25, 0.3) is 5.89 Å². The van der Waals surface area contributed by atoms with Crippen molar-refractivity contribution in [3.63, 3.8) is 0 Å². The van der Waals surface area contributed by atoms with Crippen LogP contribution in [0.4, 0.5) is 5.69 Å². The molecule has 1 N–H and O–H groups in total. The summed E-state index contributed by atoms with van der Waals surface area (Å²) in [6.45, 7) is 2.08. The van der Waals surface area contributed by atoms with E-state index in [1.54, 1.807) is 18.2 Å². The summed E-state index contributed by atoms with van der Waals surface area (Å²) in [6, 6.07) is 9.03. The number of ether oxygens (including phenoxy) is 2. The quantitative estimate of drug-likeness (QED) is 0.556. The third-order valence-electron chi connectivity index (χ3n) is 5.07. The first kappa shape index (κ1) is 21.0. The predicted octanol–water partition coefficient (Wildman–Crippen LogP) is 3.80. The number of thiophene rings is 1. The Morgan fingerprint density at radius 2 is 2.16 bits per heavy atom. The molecular formula is C22H23N3O5S. The zero-order valence-electron chi connectivity index (χ0n) is 17.3. The Balaban J connectivity index is 1.30. The molecule has 0 fully saturated rings. The lowest BCUT2D eigenvalue weighted by molar-refractivity contribution is -0.115. The van der Waals surface area contributed by atoms with Crippen molar-refractivity contribution in [1.29, 1.82) is 0 Å². The van der Waals surface area contributed by atoms with E-state index in [1.807, 2.05) is 12.1 Å². The molecular weight excluding hydrogens is 418 g/mol. The summed E-state index contributed by atoms with van der Waals surface area (Å²) in [5.41, 5.74) is 1.80. The van der Waals surface area contributed by atoms with Crippen LogP contribution < -0.4 is 10.1 Å². The van der Waals surface area contributed by atoms with E-state index in [9.17, 15) is 9.59 Å². The second-order valence-corrected chi connectivity index (χ2v) is 8.65. The van der Waals surface area contributed by atoms with E-state index in [2.05, 4.69) is 22.4 Å². The molecule has 0 aliphatic heterocycles. The largest absolute Gasteiger partial charge is 0.495 e. The van der Waals surface area contributed by atoms with Gasteiger partial charge in [-0.1, -0.05) is 24.2 Å². The lowest BCUT2D eigenvalue weighted by Gasteiger charge is -2.16. The fraction of sp³-hybridized carbons (Fsp3) is 0.364. The average Bonchev–Trinajstić information content (AvgIpc) is 3.38. The molecule has 9 heteroatoms. The highest BCUT2D eigenvalue weighted by atomic mass is 32.1. The minimum Gasteiger partial charge on any atom is -0.495 e. The number of fused-ring (bicyclic) bond motifs is 1. The van der Waals surface area contributed by atoms with Crippen molar-refractivity contribution >= 4 is 28.9 Å². The maximum absolute atomic E-state index is 12.4. The molecule has 0 spiro atoms. The molecule has 4 rings (SSSR count). The summed E-state index contributed by atoms with van der Waals surface area (Å²) in [7, 11) is 1.53. The second-order valence-electron chi connectivity index (χ2n) is 7.51. The van der Waals surface area contributed by atoms with Crippen LogP contribution >= 0.6 is 11.3 Å². The van der Waals surface area contributed by atoms with Crippen LogP contribution in [0.25, 0.3) is 0 Å². The zero-order valence-corrected chi connectivity index (χ0v) is 18.2. The number of anilines is 1. The van der Waals surface area contributed by atoms with Crippen LogP contribution in [0.2, 0.25) is 0 Å². The van der Waals surface area contributed by atoms with Crippen molar-refractivity contribution in [3.8, 4) is 5.75 Å². The molecule has 2 heterocycles. The summed E-state index contributed by atoms with van der Waals surface area (Å²) >= 11 is 1.49. The van der Waals surface area contributed by atoms with Gasteiger partial charge in [-0.25, -0.2) is 4.79 Å². The summed E-state index contributed by atoms with van der Waals surface area (Å²) in [5, 5.41) is 6.53. The van der Waals surface area contributed by atoms with Crippen molar-refractivity contribution in [1.82, 2.24) is 10.1 Å². The molecule has 1 aliphatic rings. The first-order valence-corrected chi connectivity index (χ1v) is 10.9. The van der Waals surface area contributed by atoms with Crippen molar-refractivity contribution in [2.45, 2.75) is 39.2 Å². The maximum Gasteiger partial charge on any atom is 0.348 e. The Labute approximate surface area is 183 Å². The lowest BCUT2D eigenvalue weighted by Crippen LogP contribution is -2.15. The number of esters is 1. The Morgan fingerprint density at radius 1 is 1.32 bits per heavy atom. The van der Waals surface area contributed by atoms with Gasteiger partial charge in [-0.05, 0) is 48.9 Å².